The molecule has 6 nitrogen and oxygen atoms in total. The third-order valence-corrected chi connectivity index (χ3v) is 6.46. The van der Waals surface area contributed by atoms with Crippen molar-refractivity contribution in [2.24, 2.45) is 0 Å². The van der Waals surface area contributed by atoms with E-state index in [0.717, 1.165) is 32.0 Å². The Balaban J connectivity index is 1.37. The van der Waals surface area contributed by atoms with Crippen LogP contribution in [0.5, 0.6) is 11.5 Å². The van der Waals surface area contributed by atoms with E-state index in [2.05, 4.69) is 10.2 Å². The number of ether oxygens (including phenoxy) is 2. The third-order valence-electron chi connectivity index (χ3n) is 6.22. The molecule has 3 heterocycles. The fourth-order valence-electron chi connectivity index (χ4n) is 4.56. The second-order valence-electron chi connectivity index (χ2n) is 8.85. The Kier molecular flexibility index (Phi) is 6.55. The number of nitrogens with zero attached hydrogens (tertiary/aromatic N) is 1. The molecule has 2 aliphatic rings. The van der Waals surface area contributed by atoms with Crippen LogP contribution >= 0.6 is 11.6 Å². The van der Waals surface area contributed by atoms with Crippen LogP contribution in [0.1, 0.15) is 24.2 Å². The first kappa shape index (κ1) is 23.8. The molecule has 2 aliphatic heterocycles. The molecule has 1 N–H and O–H groups in total. The van der Waals surface area contributed by atoms with Crippen LogP contribution in [0.4, 0.5) is 13.2 Å². The minimum Gasteiger partial charge on any atom is -0.486 e. The Morgan fingerprint density at radius 2 is 1.89 bits per heavy atom. The van der Waals surface area contributed by atoms with Crippen LogP contribution in [0.15, 0.2) is 40.8 Å². The number of amides is 1. The highest BCUT2D eigenvalue weighted by Gasteiger charge is 2.45. The molecule has 2 aromatic carbocycles. The lowest BCUT2D eigenvalue weighted by molar-refractivity contribution is -0.150. The van der Waals surface area contributed by atoms with Gasteiger partial charge in [-0.1, -0.05) is 11.6 Å². The maximum absolute atomic E-state index is 15.1. The van der Waals surface area contributed by atoms with Gasteiger partial charge in [0.25, 0.3) is 5.91 Å². The quantitative estimate of drug-likeness (QED) is 0.491. The zero-order valence-electron chi connectivity index (χ0n) is 18.8. The molecule has 0 saturated carbocycles. The number of halogens is 4. The highest BCUT2D eigenvalue weighted by molar-refractivity contribution is 6.31. The van der Waals surface area contributed by atoms with E-state index in [1.54, 1.807) is 6.07 Å². The number of furan rings is 1. The fourth-order valence-corrected chi connectivity index (χ4v) is 4.74. The summed E-state index contributed by atoms with van der Waals surface area (Å²) >= 11 is 5.93. The lowest BCUT2D eigenvalue weighted by Crippen LogP contribution is -2.49. The molecule has 5 rings (SSSR count). The van der Waals surface area contributed by atoms with Crippen LogP contribution in [0, 0.1) is 5.82 Å². The third kappa shape index (κ3) is 5.06. The summed E-state index contributed by atoms with van der Waals surface area (Å²) in [6, 6.07) is 7.83. The van der Waals surface area contributed by atoms with E-state index in [1.165, 1.54) is 24.3 Å². The van der Waals surface area contributed by atoms with Gasteiger partial charge in [0.1, 0.15) is 18.8 Å². The zero-order valence-corrected chi connectivity index (χ0v) is 19.5. The molecule has 0 spiro atoms. The molecule has 0 radical (unpaired) electrons. The van der Waals surface area contributed by atoms with E-state index < -0.39 is 29.4 Å². The van der Waals surface area contributed by atoms with Gasteiger partial charge >= 0.3 is 5.92 Å². The van der Waals surface area contributed by atoms with E-state index in [4.69, 9.17) is 25.5 Å². The lowest BCUT2D eigenvalue weighted by atomic mass is 10.0. The van der Waals surface area contributed by atoms with Crippen LogP contribution < -0.4 is 14.8 Å². The van der Waals surface area contributed by atoms with E-state index >= 15 is 8.78 Å². The van der Waals surface area contributed by atoms with Crippen LogP contribution in [0.3, 0.4) is 0 Å². The fraction of sp³-hybridized carbons (Fsp3) is 0.400. The molecule has 35 heavy (non-hydrogen) atoms. The summed E-state index contributed by atoms with van der Waals surface area (Å²) in [5.41, 5.74) is 0.718. The number of alkyl halides is 2. The molecule has 10 heteroatoms. The van der Waals surface area contributed by atoms with Gasteiger partial charge in [-0.05, 0) is 74.3 Å². The van der Waals surface area contributed by atoms with Crippen LogP contribution in [0.2, 0.25) is 5.02 Å². The van der Waals surface area contributed by atoms with Crippen molar-refractivity contribution in [3.05, 3.63) is 58.6 Å². The van der Waals surface area contributed by atoms with Gasteiger partial charge in [0.2, 0.25) is 0 Å². The number of carbonyl (C=O) groups excluding carboxylic acids is 1. The molecule has 3 aromatic rings. The molecule has 1 fully saturated rings. The number of hydrogen-bond donors (Lipinski definition) is 1. The predicted molar refractivity (Wildman–Crippen MR) is 124 cm³/mol. The number of nitrogens with one attached hydrogen (secondary N) is 1. The van der Waals surface area contributed by atoms with Gasteiger partial charge in [-0.2, -0.15) is 8.78 Å². The Bertz CT molecular complexity index is 1240. The Hall–Kier alpha value is -2.91. The van der Waals surface area contributed by atoms with Crippen molar-refractivity contribution >= 4 is 28.5 Å². The van der Waals surface area contributed by atoms with Gasteiger partial charge in [-0.3, -0.25) is 4.79 Å². The van der Waals surface area contributed by atoms with Crippen molar-refractivity contribution in [1.29, 1.82) is 0 Å². The first-order valence-corrected chi connectivity index (χ1v) is 11.9. The summed E-state index contributed by atoms with van der Waals surface area (Å²) in [4.78, 5) is 14.9. The largest absolute Gasteiger partial charge is 0.486 e. The van der Waals surface area contributed by atoms with E-state index in [-0.39, 0.29) is 30.1 Å². The van der Waals surface area contributed by atoms with Crippen molar-refractivity contribution < 1.29 is 31.9 Å². The monoisotopic (exact) mass is 508 g/mol. The van der Waals surface area contributed by atoms with Crippen molar-refractivity contribution in [3.63, 3.8) is 0 Å². The minimum atomic E-state index is -3.91. The summed E-state index contributed by atoms with van der Waals surface area (Å²) in [5, 5.41) is 3.22. The van der Waals surface area contributed by atoms with Gasteiger partial charge < -0.3 is 24.1 Å². The molecule has 0 unspecified atom stereocenters. The average molecular weight is 509 g/mol. The Morgan fingerprint density at radius 1 is 1.11 bits per heavy atom. The SMILES string of the molecule is O=C(N[C@@H](Cc1cc(F)c2c(c1)OCCO2)CN1CCCC1)C(F)(F)c1cc2cc(Cl)ccc2o1. The predicted octanol–water partition coefficient (Wildman–Crippen LogP) is 4.91. The molecule has 186 valence electrons. The summed E-state index contributed by atoms with van der Waals surface area (Å²) in [5.74, 6) is -6.44. The van der Waals surface area contributed by atoms with Gasteiger partial charge in [0.15, 0.2) is 23.1 Å². The standard InChI is InChI=1S/C25H24ClF3N2O4/c26-17-3-4-20-16(12-17)13-22(35-20)25(28,29)24(32)30-18(14-31-5-1-2-6-31)9-15-10-19(27)23-21(11-15)33-7-8-34-23/h3-4,10-13,18H,1-2,5-9,14H2,(H,30,32)/t18-/m0/s1. The molecule has 1 aromatic heterocycles. The maximum Gasteiger partial charge on any atom is 0.380 e. The topological polar surface area (TPSA) is 63.9 Å². The highest BCUT2D eigenvalue weighted by atomic mass is 35.5. The Labute approximate surface area is 204 Å². The lowest BCUT2D eigenvalue weighted by Gasteiger charge is -2.27. The summed E-state index contributed by atoms with van der Waals surface area (Å²) in [7, 11) is 0. The van der Waals surface area contributed by atoms with Crippen LogP contribution in [-0.4, -0.2) is 49.7 Å². The maximum atomic E-state index is 15.1. The molecule has 0 bridgehead atoms. The van der Waals surface area contributed by atoms with E-state index in [9.17, 15) is 9.18 Å². The number of likely N-dealkylation sites (tertiary alicyclic amines) is 1. The summed E-state index contributed by atoms with van der Waals surface area (Å²) in [6.07, 6.45) is 2.13. The van der Waals surface area contributed by atoms with Crippen LogP contribution in [0.25, 0.3) is 11.0 Å². The van der Waals surface area contributed by atoms with E-state index in [0.29, 0.717) is 29.1 Å². The van der Waals surface area contributed by atoms with Crippen LogP contribution in [-0.2, 0) is 17.1 Å². The molecule has 1 saturated heterocycles. The molecular weight excluding hydrogens is 485 g/mol. The van der Waals surface area contributed by atoms with Crippen molar-refractivity contribution in [2.45, 2.75) is 31.2 Å². The number of rotatable bonds is 7. The first-order chi connectivity index (χ1) is 16.8. The number of benzene rings is 2. The second-order valence-corrected chi connectivity index (χ2v) is 9.29. The average Bonchev–Trinajstić information content (AvgIpc) is 3.49. The van der Waals surface area contributed by atoms with Gasteiger partial charge in [0.05, 0.1) is 0 Å². The van der Waals surface area contributed by atoms with Gasteiger partial charge in [-0.25, -0.2) is 4.39 Å². The molecule has 0 aliphatic carbocycles. The summed E-state index contributed by atoms with van der Waals surface area (Å²) < 4.78 is 60.9. The van der Waals surface area contributed by atoms with Crippen molar-refractivity contribution in [3.8, 4) is 11.5 Å². The van der Waals surface area contributed by atoms with Gasteiger partial charge in [-0.15, -0.1) is 0 Å². The number of hydrogen-bond acceptors (Lipinski definition) is 5. The molecular formula is C25H24ClF3N2O4. The number of fused-ring (bicyclic) bond motifs is 2. The molecule has 1 atom stereocenters. The first-order valence-electron chi connectivity index (χ1n) is 11.5. The van der Waals surface area contributed by atoms with Gasteiger partial charge in [0, 0.05) is 23.0 Å². The highest BCUT2D eigenvalue weighted by Crippen LogP contribution is 2.36. The Morgan fingerprint density at radius 3 is 2.69 bits per heavy atom. The smallest absolute Gasteiger partial charge is 0.380 e. The normalized spacial score (nSPS) is 17.0. The van der Waals surface area contributed by atoms with Crippen molar-refractivity contribution in [1.82, 2.24) is 10.2 Å². The summed E-state index contributed by atoms with van der Waals surface area (Å²) in [6.45, 7) is 2.51. The minimum absolute atomic E-state index is 0.0386. The van der Waals surface area contributed by atoms with Crippen molar-refractivity contribution in [2.75, 3.05) is 32.8 Å². The number of carbonyl (C=O) groups is 1. The molecule has 1 amide bonds. The van der Waals surface area contributed by atoms with E-state index in [1.807, 2.05) is 0 Å². The zero-order chi connectivity index (χ0) is 24.6. The second kappa shape index (κ2) is 9.62.